The van der Waals surface area contributed by atoms with Crippen LogP contribution >= 0.6 is 11.6 Å². The number of amides is 1. The minimum absolute atomic E-state index is 0.0370. The first-order chi connectivity index (χ1) is 28.9. The molecule has 324 valence electrons. The number of nitrogens with zero attached hydrogens (tertiary/aromatic N) is 7. The molecule has 1 saturated heterocycles. The Balaban J connectivity index is 1.30. The highest BCUT2D eigenvalue weighted by atomic mass is 35.5. The first-order valence-electron chi connectivity index (χ1n) is 20.1. The fourth-order valence-electron chi connectivity index (χ4n) is 7.27. The number of piperazine rings is 1. The molecule has 1 saturated carbocycles. The van der Waals surface area contributed by atoms with Crippen molar-refractivity contribution < 1.29 is 36.9 Å². The summed E-state index contributed by atoms with van der Waals surface area (Å²) in [5.41, 5.74) is 0.0837. The highest BCUT2D eigenvalue weighted by Crippen LogP contribution is 2.43. The molecule has 0 bridgehead atoms. The number of benzene rings is 3. The van der Waals surface area contributed by atoms with Crippen LogP contribution in [0.2, 0.25) is 5.02 Å². The molecule has 5 aromatic rings. The van der Waals surface area contributed by atoms with E-state index in [1.807, 2.05) is 93.2 Å². The van der Waals surface area contributed by atoms with Gasteiger partial charge in [0, 0.05) is 50.2 Å². The number of halogens is 4. The second kappa shape index (κ2) is 17.4. The van der Waals surface area contributed by atoms with Gasteiger partial charge in [-0.05, 0) is 107 Å². The fraction of sp³-hybridized carbons (Fsp3) is 0.422. The lowest BCUT2D eigenvalue weighted by atomic mass is 10.0. The van der Waals surface area contributed by atoms with Crippen LogP contribution in [0, 0.1) is 0 Å². The second-order valence-electron chi connectivity index (χ2n) is 16.7. The molecule has 7 rings (SSSR count). The molecule has 0 unspecified atom stereocenters. The average molecular weight is 862 g/mol. The number of alkyl halides is 3. The molecule has 0 spiro atoms. The van der Waals surface area contributed by atoms with E-state index in [9.17, 15) is 18.0 Å². The molecular formula is C45H51ClF3N7O5. The summed E-state index contributed by atoms with van der Waals surface area (Å²) in [7, 11) is 7.16. The molecule has 1 aliphatic carbocycles. The molecule has 0 radical (unpaired) electrons. The summed E-state index contributed by atoms with van der Waals surface area (Å²) < 4.78 is 67.5. The van der Waals surface area contributed by atoms with E-state index >= 15 is 0 Å². The van der Waals surface area contributed by atoms with Gasteiger partial charge in [-0.3, -0.25) is 0 Å². The van der Waals surface area contributed by atoms with Gasteiger partial charge in [0.05, 0.1) is 41.6 Å². The van der Waals surface area contributed by atoms with Crippen molar-refractivity contribution in [2.75, 3.05) is 70.9 Å². The van der Waals surface area contributed by atoms with E-state index in [1.54, 1.807) is 25.2 Å². The number of rotatable bonds is 13. The zero-order valence-corrected chi connectivity index (χ0v) is 36.2. The Labute approximate surface area is 359 Å². The maximum absolute atomic E-state index is 15.0. The fourth-order valence-corrected chi connectivity index (χ4v) is 7.52. The maximum atomic E-state index is 15.0. The smallest absolute Gasteiger partial charge is 0.418 e. The summed E-state index contributed by atoms with van der Waals surface area (Å²) in [4.78, 5) is 34.9. The predicted octanol–water partition coefficient (Wildman–Crippen LogP) is 9.12. The van der Waals surface area contributed by atoms with Crippen LogP contribution in [0.4, 0.5) is 29.6 Å². The minimum atomic E-state index is -4.76. The summed E-state index contributed by atoms with van der Waals surface area (Å²) in [6, 6.07) is 20.6. The molecule has 3 aromatic carbocycles. The Bertz CT molecular complexity index is 2300. The largest absolute Gasteiger partial charge is 0.497 e. The first kappa shape index (κ1) is 43.5. The Morgan fingerprint density at radius 3 is 1.92 bits per heavy atom. The molecule has 3 heterocycles. The quantitative estimate of drug-likeness (QED) is 0.113. The van der Waals surface area contributed by atoms with Crippen molar-refractivity contribution in [3.63, 3.8) is 0 Å². The van der Waals surface area contributed by atoms with Crippen molar-refractivity contribution in [1.29, 1.82) is 0 Å². The van der Waals surface area contributed by atoms with Gasteiger partial charge in [0.2, 0.25) is 0 Å². The Hall–Kier alpha value is -5.54. The van der Waals surface area contributed by atoms with E-state index in [0.29, 0.717) is 79.9 Å². The summed E-state index contributed by atoms with van der Waals surface area (Å²) >= 11 is 7.02. The number of methoxy groups -OCH3 is 2. The number of hydrogen-bond donors (Lipinski definition) is 0. The van der Waals surface area contributed by atoms with Gasteiger partial charge in [-0.1, -0.05) is 35.9 Å². The van der Waals surface area contributed by atoms with Crippen molar-refractivity contribution >= 4 is 40.2 Å². The van der Waals surface area contributed by atoms with Crippen molar-refractivity contribution in [2.45, 2.75) is 64.0 Å². The zero-order valence-electron chi connectivity index (χ0n) is 35.5. The van der Waals surface area contributed by atoms with Crippen LogP contribution in [0.15, 0.2) is 72.8 Å². The predicted molar refractivity (Wildman–Crippen MR) is 230 cm³/mol. The number of aromatic nitrogens is 3. The number of ether oxygens (including phenoxy) is 4. The van der Waals surface area contributed by atoms with Crippen molar-refractivity contribution in [2.24, 2.45) is 0 Å². The van der Waals surface area contributed by atoms with Gasteiger partial charge in [-0.15, -0.1) is 0 Å². The van der Waals surface area contributed by atoms with E-state index in [2.05, 4.69) is 4.90 Å². The van der Waals surface area contributed by atoms with Crippen molar-refractivity contribution in [1.82, 2.24) is 24.8 Å². The first-order valence-corrected chi connectivity index (χ1v) is 20.5. The van der Waals surface area contributed by atoms with Crippen molar-refractivity contribution in [3.8, 4) is 28.8 Å². The van der Waals surface area contributed by atoms with E-state index in [-0.39, 0.29) is 27.8 Å². The SMILES string of the molecule is COc1ccc(CN(Cc2ccc(OC)cc2)c2ccc(C(F)(F)F)c(-c3cc4nc(OCC5(N(C)C)CC5)nc(N5CCN(C(=O)OC(C)(C)C)CC5)c4cc3Cl)n2)cc1. The molecule has 61 heavy (non-hydrogen) atoms. The molecule has 2 aliphatic rings. The summed E-state index contributed by atoms with van der Waals surface area (Å²) in [5.74, 6) is 2.16. The van der Waals surface area contributed by atoms with Crippen LogP contribution in [0.25, 0.3) is 22.2 Å². The van der Waals surface area contributed by atoms with Crippen LogP contribution in [-0.2, 0) is 24.0 Å². The molecule has 16 heteroatoms. The zero-order chi connectivity index (χ0) is 43.7. The minimum Gasteiger partial charge on any atom is -0.497 e. The van der Waals surface area contributed by atoms with Crippen LogP contribution in [0.1, 0.15) is 50.3 Å². The molecule has 2 fully saturated rings. The lowest BCUT2D eigenvalue weighted by molar-refractivity contribution is -0.137. The summed E-state index contributed by atoms with van der Waals surface area (Å²) in [6.07, 6.45) is -3.28. The van der Waals surface area contributed by atoms with Gasteiger partial charge in [-0.2, -0.15) is 23.1 Å². The number of likely N-dealkylation sites (N-methyl/N-ethyl adjacent to an activating group) is 1. The molecule has 2 aromatic heterocycles. The number of carbonyl (C=O) groups excluding carboxylic acids is 1. The van der Waals surface area contributed by atoms with Crippen LogP contribution < -0.4 is 24.0 Å². The monoisotopic (exact) mass is 861 g/mol. The van der Waals surface area contributed by atoms with Gasteiger partial charge in [-0.25, -0.2) is 9.78 Å². The highest BCUT2D eigenvalue weighted by Gasteiger charge is 2.46. The average Bonchev–Trinajstić information content (AvgIpc) is 4.03. The van der Waals surface area contributed by atoms with Crippen LogP contribution in [-0.4, -0.2) is 103 Å². The number of fused-ring (bicyclic) bond motifs is 1. The molecule has 1 aliphatic heterocycles. The van der Waals surface area contributed by atoms with Gasteiger partial charge < -0.3 is 38.5 Å². The van der Waals surface area contributed by atoms with Gasteiger partial charge >= 0.3 is 18.3 Å². The topological polar surface area (TPSA) is 106 Å². The number of hydrogen-bond acceptors (Lipinski definition) is 11. The van der Waals surface area contributed by atoms with E-state index in [0.717, 1.165) is 30.0 Å². The summed E-state index contributed by atoms with van der Waals surface area (Å²) in [6.45, 7) is 7.98. The van der Waals surface area contributed by atoms with Gasteiger partial charge in [0.15, 0.2) is 0 Å². The van der Waals surface area contributed by atoms with E-state index in [1.165, 1.54) is 12.1 Å². The molecular weight excluding hydrogens is 811 g/mol. The van der Waals surface area contributed by atoms with Crippen LogP contribution in [0.5, 0.6) is 17.5 Å². The highest BCUT2D eigenvalue weighted by molar-refractivity contribution is 6.34. The van der Waals surface area contributed by atoms with E-state index in [4.69, 9.17) is 45.5 Å². The number of anilines is 2. The third-order valence-electron chi connectivity index (χ3n) is 11.1. The standard InChI is InChI=1S/C45H51ClF3N7O5/c1-43(2,3)61-42(57)55-22-20-54(21-23-55)40-34-24-36(46)33(25-37(34)50-41(52-40)60-28-44(18-19-44)53(4)5)39-35(45(47,48)49)16-17-38(51-39)56(26-29-8-12-31(58-6)13-9-29)27-30-10-14-32(59-7)15-11-30/h8-17,24-25H,18-23,26-28H2,1-7H3. The summed E-state index contributed by atoms with van der Waals surface area (Å²) in [5, 5.41) is 0.556. The third kappa shape index (κ3) is 10.2. The molecule has 12 nitrogen and oxygen atoms in total. The molecule has 0 atom stereocenters. The van der Waals surface area contributed by atoms with Crippen molar-refractivity contribution in [3.05, 3.63) is 94.5 Å². The van der Waals surface area contributed by atoms with Gasteiger partial charge in [0.1, 0.15) is 35.3 Å². The molecule has 0 N–H and O–H groups in total. The van der Waals surface area contributed by atoms with E-state index < -0.39 is 23.4 Å². The lowest BCUT2D eigenvalue weighted by Gasteiger charge is -2.36. The Kier molecular flexibility index (Phi) is 12.5. The maximum Gasteiger partial charge on any atom is 0.418 e. The Morgan fingerprint density at radius 2 is 1.41 bits per heavy atom. The normalized spacial score (nSPS) is 15.2. The lowest BCUT2D eigenvalue weighted by Crippen LogP contribution is -2.50. The van der Waals surface area contributed by atoms with Gasteiger partial charge in [0.25, 0.3) is 0 Å². The van der Waals surface area contributed by atoms with Crippen LogP contribution in [0.3, 0.4) is 0 Å². The number of pyridine rings is 1. The molecule has 1 amide bonds. The Morgan fingerprint density at radius 1 is 0.820 bits per heavy atom. The number of carbonyl (C=O) groups is 1. The third-order valence-corrected chi connectivity index (χ3v) is 11.4. The second-order valence-corrected chi connectivity index (χ2v) is 17.1.